The van der Waals surface area contributed by atoms with Gasteiger partial charge in [-0.1, -0.05) is 30.3 Å². The highest BCUT2D eigenvalue weighted by Crippen LogP contribution is 2.35. The molecule has 0 bridgehead atoms. The van der Waals surface area contributed by atoms with Crippen LogP contribution in [0.1, 0.15) is 23.6 Å². The van der Waals surface area contributed by atoms with Crippen molar-refractivity contribution in [1.82, 2.24) is 5.32 Å². The monoisotopic (exact) mass is 507 g/mol. The fourth-order valence-electron chi connectivity index (χ4n) is 2.86. The molecule has 28 heavy (non-hydrogen) atoms. The number of nitrogens with two attached hydrogens (primary N) is 1. The molecule has 0 aromatic heterocycles. The van der Waals surface area contributed by atoms with Gasteiger partial charge in [0, 0.05) is 12.0 Å². The average molecular weight is 507 g/mol. The van der Waals surface area contributed by atoms with Crippen LogP contribution in [0.2, 0.25) is 0 Å². The first-order valence-electron chi connectivity index (χ1n) is 8.52. The van der Waals surface area contributed by atoms with Gasteiger partial charge >= 0.3 is 6.18 Å². The van der Waals surface area contributed by atoms with Gasteiger partial charge in [0.05, 0.1) is 24.8 Å². The number of para-hydroxylation sites is 2. The molecule has 1 aliphatic rings. The fourth-order valence-corrected chi connectivity index (χ4v) is 2.86. The predicted molar refractivity (Wildman–Crippen MR) is 111 cm³/mol. The van der Waals surface area contributed by atoms with E-state index in [1.54, 1.807) is 0 Å². The lowest BCUT2D eigenvalue weighted by molar-refractivity contribution is -0.138. The van der Waals surface area contributed by atoms with E-state index in [2.05, 4.69) is 10.3 Å². The van der Waals surface area contributed by atoms with Crippen molar-refractivity contribution in [3.8, 4) is 11.5 Å². The van der Waals surface area contributed by atoms with Crippen molar-refractivity contribution >= 4 is 29.9 Å². The summed E-state index contributed by atoms with van der Waals surface area (Å²) in [6.45, 7) is 0.690. The van der Waals surface area contributed by atoms with Crippen LogP contribution < -0.4 is 20.5 Å². The van der Waals surface area contributed by atoms with E-state index in [-0.39, 0.29) is 54.9 Å². The largest absolute Gasteiger partial charge is 0.493 e. The summed E-state index contributed by atoms with van der Waals surface area (Å²) in [4.78, 5) is 4.13. The second-order valence-corrected chi connectivity index (χ2v) is 5.98. The van der Waals surface area contributed by atoms with Crippen LogP contribution in [0.3, 0.4) is 0 Å². The number of guanidine groups is 1. The van der Waals surface area contributed by atoms with Gasteiger partial charge < -0.3 is 20.5 Å². The van der Waals surface area contributed by atoms with Crippen molar-refractivity contribution in [2.75, 3.05) is 19.8 Å². The molecule has 9 heteroatoms. The Morgan fingerprint density at radius 1 is 1.18 bits per heavy atom. The van der Waals surface area contributed by atoms with Gasteiger partial charge in [-0.05, 0) is 18.2 Å². The summed E-state index contributed by atoms with van der Waals surface area (Å²) < 4.78 is 49.6. The van der Waals surface area contributed by atoms with Crippen LogP contribution in [-0.2, 0) is 6.18 Å². The quantitative estimate of drug-likeness (QED) is 0.277. The summed E-state index contributed by atoms with van der Waals surface area (Å²) in [5, 5.41) is 3.12. The number of halogens is 4. The summed E-state index contributed by atoms with van der Waals surface area (Å²) in [7, 11) is 0. The summed E-state index contributed by atoms with van der Waals surface area (Å²) in [6.07, 6.45) is -3.72. The van der Waals surface area contributed by atoms with Gasteiger partial charge in [-0.3, -0.25) is 0 Å². The number of fused-ring (bicyclic) bond motifs is 1. The molecule has 0 aliphatic carbocycles. The van der Waals surface area contributed by atoms with E-state index in [9.17, 15) is 13.2 Å². The molecular formula is C19H21F3IN3O2. The molecule has 1 heterocycles. The second kappa shape index (κ2) is 9.85. The Bertz CT molecular complexity index is 815. The number of nitrogens with zero attached hydrogens (tertiary/aromatic N) is 1. The molecule has 0 saturated carbocycles. The minimum atomic E-state index is -4.46. The molecule has 3 rings (SSSR count). The molecule has 5 nitrogen and oxygen atoms in total. The second-order valence-electron chi connectivity index (χ2n) is 5.98. The number of hydrogen-bond acceptors (Lipinski definition) is 3. The molecule has 0 saturated heterocycles. The summed E-state index contributed by atoms with van der Waals surface area (Å²) in [5.74, 6) is 0.802. The van der Waals surface area contributed by atoms with Crippen molar-refractivity contribution in [1.29, 1.82) is 0 Å². The van der Waals surface area contributed by atoms with E-state index in [1.165, 1.54) is 18.2 Å². The Morgan fingerprint density at radius 2 is 1.89 bits per heavy atom. The number of aliphatic imine (C=N–C) groups is 1. The molecule has 0 amide bonds. The molecule has 0 radical (unpaired) electrons. The van der Waals surface area contributed by atoms with Gasteiger partial charge in [-0.25, -0.2) is 4.99 Å². The summed E-state index contributed by atoms with van der Waals surface area (Å²) in [5.41, 5.74) is 6.09. The lowest BCUT2D eigenvalue weighted by Crippen LogP contribution is -2.37. The van der Waals surface area contributed by atoms with E-state index in [0.29, 0.717) is 6.61 Å². The minimum Gasteiger partial charge on any atom is -0.493 e. The molecule has 1 unspecified atom stereocenters. The Hall–Kier alpha value is -2.17. The average Bonchev–Trinajstić information content (AvgIpc) is 2.65. The Kier molecular flexibility index (Phi) is 7.78. The third kappa shape index (κ3) is 5.66. The summed E-state index contributed by atoms with van der Waals surface area (Å²) >= 11 is 0. The number of rotatable bonds is 5. The molecule has 152 valence electrons. The maximum Gasteiger partial charge on any atom is 0.419 e. The maximum absolute atomic E-state index is 12.9. The van der Waals surface area contributed by atoms with E-state index >= 15 is 0 Å². The zero-order chi connectivity index (χ0) is 19.3. The van der Waals surface area contributed by atoms with Crippen molar-refractivity contribution in [2.45, 2.75) is 18.6 Å². The summed E-state index contributed by atoms with van der Waals surface area (Å²) in [6, 6.07) is 12.7. The van der Waals surface area contributed by atoms with Crippen LogP contribution >= 0.6 is 24.0 Å². The highest BCUT2D eigenvalue weighted by Gasteiger charge is 2.33. The number of nitrogens with one attached hydrogen (secondary N) is 1. The highest BCUT2D eigenvalue weighted by molar-refractivity contribution is 14.0. The van der Waals surface area contributed by atoms with Gasteiger partial charge in [0.25, 0.3) is 0 Å². The molecule has 3 N–H and O–H groups in total. The van der Waals surface area contributed by atoms with Crippen LogP contribution in [0.25, 0.3) is 0 Å². The first kappa shape index (κ1) is 22.1. The van der Waals surface area contributed by atoms with E-state index < -0.39 is 11.7 Å². The molecule has 1 atom stereocenters. The Labute approximate surface area is 178 Å². The van der Waals surface area contributed by atoms with Gasteiger partial charge in [0.1, 0.15) is 18.1 Å². The normalized spacial score (nSPS) is 16.4. The third-order valence-electron chi connectivity index (χ3n) is 4.10. The smallest absolute Gasteiger partial charge is 0.419 e. The van der Waals surface area contributed by atoms with Gasteiger partial charge in [0.15, 0.2) is 5.96 Å². The predicted octanol–water partition coefficient (Wildman–Crippen LogP) is 4.13. The first-order valence-corrected chi connectivity index (χ1v) is 8.52. The molecule has 0 fully saturated rings. The zero-order valence-corrected chi connectivity index (χ0v) is 17.2. The standard InChI is InChI=1S/C19H20F3N3O2.HI/c20-19(21,22)14-6-2-4-8-17(14)27-12-10-24-18(23)25-15-9-11-26-16-7-3-1-5-13(15)16;/h1-8,15H,9-12H2,(H3,23,24,25);1H. The van der Waals surface area contributed by atoms with Gasteiger partial charge in [-0.15, -0.1) is 24.0 Å². The number of alkyl halides is 3. The van der Waals surface area contributed by atoms with E-state index in [4.69, 9.17) is 15.2 Å². The molecule has 1 aliphatic heterocycles. The molecule has 2 aromatic carbocycles. The molecule has 2 aromatic rings. The zero-order valence-electron chi connectivity index (χ0n) is 14.9. The third-order valence-corrected chi connectivity index (χ3v) is 4.10. The number of ether oxygens (including phenoxy) is 2. The van der Waals surface area contributed by atoms with E-state index in [0.717, 1.165) is 23.8 Å². The lowest BCUT2D eigenvalue weighted by Gasteiger charge is -2.26. The van der Waals surface area contributed by atoms with Crippen molar-refractivity contribution in [2.24, 2.45) is 10.7 Å². The maximum atomic E-state index is 12.9. The topological polar surface area (TPSA) is 68.9 Å². The molecular weight excluding hydrogens is 486 g/mol. The van der Waals surface area contributed by atoms with Gasteiger partial charge in [0.2, 0.25) is 0 Å². The van der Waals surface area contributed by atoms with E-state index in [1.807, 2.05) is 24.3 Å². The van der Waals surface area contributed by atoms with Gasteiger partial charge in [-0.2, -0.15) is 13.2 Å². The van der Waals surface area contributed by atoms with Crippen molar-refractivity contribution < 1.29 is 22.6 Å². The van der Waals surface area contributed by atoms with Crippen molar-refractivity contribution in [3.05, 3.63) is 59.7 Å². The fraction of sp³-hybridized carbons (Fsp3) is 0.316. The number of hydrogen-bond donors (Lipinski definition) is 2. The van der Waals surface area contributed by atoms with Crippen LogP contribution in [0.5, 0.6) is 11.5 Å². The van der Waals surface area contributed by atoms with Crippen LogP contribution in [0.15, 0.2) is 53.5 Å². The Balaban J connectivity index is 0.00000280. The van der Waals surface area contributed by atoms with Crippen LogP contribution in [0, 0.1) is 0 Å². The highest BCUT2D eigenvalue weighted by atomic mass is 127. The van der Waals surface area contributed by atoms with Crippen LogP contribution in [0.4, 0.5) is 13.2 Å². The minimum absolute atomic E-state index is 0. The first-order chi connectivity index (χ1) is 12.9. The SMILES string of the molecule is I.NC(=NCCOc1ccccc1C(F)(F)F)NC1CCOc2ccccc21. The lowest BCUT2D eigenvalue weighted by atomic mass is 10.0. The molecule has 0 spiro atoms. The Morgan fingerprint density at radius 3 is 2.68 bits per heavy atom. The number of benzene rings is 2. The van der Waals surface area contributed by atoms with Crippen molar-refractivity contribution in [3.63, 3.8) is 0 Å². The van der Waals surface area contributed by atoms with Crippen LogP contribution in [-0.4, -0.2) is 25.7 Å².